The van der Waals surface area contributed by atoms with Crippen LogP contribution in [0.1, 0.15) is 64.8 Å². The van der Waals surface area contributed by atoms with Crippen molar-refractivity contribution in [1.82, 2.24) is 0 Å². The number of esters is 1. The fourth-order valence-electron chi connectivity index (χ4n) is 3.76. The van der Waals surface area contributed by atoms with Gasteiger partial charge in [0.15, 0.2) is 0 Å². The van der Waals surface area contributed by atoms with Crippen LogP contribution in [-0.4, -0.2) is 19.0 Å². The normalized spacial score (nSPS) is 16.3. The minimum Gasteiger partial charge on any atom is -0.465 e. The molecule has 1 amide bonds. The molecule has 1 aliphatic carbocycles. The van der Waals surface area contributed by atoms with Crippen LogP contribution in [0.4, 0.5) is 5.00 Å². The maximum absolute atomic E-state index is 12.8. The highest BCUT2D eigenvalue weighted by Crippen LogP contribution is 2.45. The molecule has 29 heavy (non-hydrogen) atoms. The zero-order chi connectivity index (χ0) is 21.3. The van der Waals surface area contributed by atoms with Crippen molar-refractivity contribution < 1.29 is 14.3 Å². The Kier molecular flexibility index (Phi) is 6.61. The summed E-state index contributed by atoms with van der Waals surface area (Å²) in [7, 11) is 1.36. The van der Waals surface area contributed by atoms with E-state index < -0.39 is 5.97 Å². The molecule has 1 heterocycles. The van der Waals surface area contributed by atoms with Gasteiger partial charge in [-0.05, 0) is 54.4 Å². The number of fused-ring (bicyclic) bond motifs is 1. The van der Waals surface area contributed by atoms with E-state index in [0.29, 0.717) is 32.1 Å². The van der Waals surface area contributed by atoms with Gasteiger partial charge < -0.3 is 10.1 Å². The number of amides is 1. The van der Waals surface area contributed by atoms with E-state index in [0.717, 1.165) is 36.1 Å². The fraction of sp³-hybridized carbons (Fsp3) is 0.455. The molecule has 0 spiro atoms. The van der Waals surface area contributed by atoms with Crippen LogP contribution < -0.4 is 5.32 Å². The third-order valence-corrected chi connectivity index (χ3v) is 7.99. The van der Waals surface area contributed by atoms with Gasteiger partial charge in [0.05, 0.1) is 22.7 Å². The Morgan fingerprint density at radius 3 is 2.62 bits per heavy atom. The lowest BCUT2D eigenvalue weighted by molar-refractivity contribution is 0.0600. The number of halogens is 2. The first-order valence-electron chi connectivity index (χ1n) is 9.67. The predicted octanol–water partition coefficient (Wildman–Crippen LogP) is 6.63. The molecule has 1 aromatic heterocycles. The number of benzene rings is 1. The molecule has 0 saturated carbocycles. The standard InChI is InChI=1S/C22H25Cl2NO3S/c1-5-22(2,3)13-7-8-14-17(11-13)29-20(18(14)21(27)28-4)25-19(26)12-6-9-15(23)16(24)10-12/h6,9-10,13H,5,7-8,11H2,1-4H3,(H,25,26). The van der Waals surface area contributed by atoms with E-state index in [1.54, 1.807) is 12.1 Å². The maximum atomic E-state index is 12.8. The van der Waals surface area contributed by atoms with Gasteiger partial charge in [-0.1, -0.05) is 50.4 Å². The van der Waals surface area contributed by atoms with Crippen LogP contribution in [0.15, 0.2) is 18.2 Å². The summed E-state index contributed by atoms with van der Waals surface area (Å²) in [6, 6.07) is 4.70. The summed E-state index contributed by atoms with van der Waals surface area (Å²) in [6.45, 7) is 6.81. The van der Waals surface area contributed by atoms with Gasteiger partial charge in [-0.15, -0.1) is 11.3 Å². The number of hydrogen-bond donors (Lipinski definition) is 1. The molecule has 1 aliphatic rings. The monoisotopic (exact) mass is 453 g/mol. The van der Waals surface area contributed by atoms with Gasteiger partial charge in [-0.25, -0.2) is 4.79 Å². The summed E-state index contributed by atoms with van der Waals surface area (Å²) >= 11 is 13.5. The SMILES string of the molecule is CCC(C)(C)C1CCc2c(sc(NC(=O)c3ccc(Cl)c(Cl)c3)c2C(=O)OC)C1. The molecule has 7 heteroatoms. The van der Waals surface area contributed by atoms with Crippen LogP contribution >= 0.6 is 34.5 Å². The van der Waals surface area contributed by atoms with Crippen LogP contribution in [-0.2, 0) is 17.6 Å². The third-order valence-electron chi connectivity index (χ3n) is 6.08. The van der Waals surface area contributed by atoms with Gasteiger partial charge in [0.25, 0.3) is 5.91 Å². The highest BCUT2D eigenvalue weighted by atomic mass is 35.5. The van der Waals surface area contributed by atoms with Crippen molar-refractivity contribution >= 4 is 51.4 Å². The first-order valence-corrected chi connectivity index (χ1v) is 11.2. The second kappa shape index (κ2) is 8.66. The molecule has 0 fully saturated rings. The summed E-state index contributed by atoms with van der Waals surface area (Å²) in [5.74, 6) is -0.208. The smallest absolute Gasteiger partial charge is 0.341 e. The average Bonchev–Trinajstić information content (AvgIpc) is 3.06. The molecule has 0 radical (unpaired) electrons. The van der Waals surface area contributed by atoms with Crippen molar-refractivity contribution in [3.05, 3.63) is 49.8 Å². The Hall–Kier alpha value is -1.56. The molecule has 1 aromatic carbocycles. The first-order chi connectivity index (χ1) is 13.7. The second-order valence-electron chi connectivity index (χ2n) is 8.06. The van der Waals surface area contributed by atoms with Gasteiger partial charge in [0.2, 0.25) is 0 Å². The van der Waals surface area contributed by atoms with Crippen LogP contribution in [0.5, 0.6) is 0 Å². The van der Waals surface area contributed by atoms with Gasteiger partial charge in [0.1, 0.15) is 5.00 Å². The quantitative estimate of drug-likeness (QED) is 0.516. The van der Waals surface area contributed by atoms with Crippen molar-refractivity contribution in [2.45, 2.75) is 46.5 Å². The predicted molar refractivity (Wildman–Crippen MR) is 120 cm³/mol. The number of thiophene rings is 1. The second-order valence-corrected chi connectivity index (χ2v) is 9.98. The molecule has 1 unspecified atom stereocenters. The lowest BCUT2D eigenvalue weighted by Gasteiger charge is -2.36. The van der Waals surface area contributed by atoms with Crippen LogP contribution in [0, 0.1) is 11.3 Å². The van der Waals surface area contributed by atoms with Crippen molar-refractivity contribution in [2.24, 2.45) is 11.3 Å². The molecule has 156 valence electrons. The topological polar surface area (TPSA) is 55.4 Å². The molecule has 3 rings (SSSR count). The Morgan fingerprint density at radius 1 is 1.28 bits per heavy atom. The zero-order valence-electron chi connectivity index (χ0n) is 17.0. The molecule has 4 nitrogen and oxygen atoms in total. The summed E-state index contributed by atoms with van der Waals surface area (Å²) in [4.78, 5) is 26.4. The Morgan fingerprint density at radius 2 is 2.00 bits per heavy atom. The van der Waals surface area contributed by atoms with Crippen LogP contribution in [0.2, 0.25) is 10.0 Å². The van der Waals surface area contributed by atoms with E-state index in [1.807, 2.05) is 0 Å². The fourth-order valence-corrected chi connectivity index (χ4v) is 5.37. The van der Waals surface area contributed by atoms with E-state index in [-0.39, 0.29) is 11.3 Å². The van der Waals surface area contributed by atoms with Crippen LogP contribution in [0.25, 0.3) is 0 Å². The Labute approximate surface area is 185 Å². The summed E-state index contributed by atoms with van der Waals surface area (Å²) < 4.78 is 5.02. The molecule has 1 atom stereocenters. The molecular weight excluding hydrogens is 429 g/mol. The number of hydrogen-bond acceptors (Lipinski definition) is 4. The molecule has 0 saturated heterocycles. The highest BCUT2D eigenvalue weighted by Gasteiger charge is 2.35. The Balaban J connectivity index is 1.94. The van der Waals surface area contributed by atoms with Gasteiger partial charge >= 0.3 is 5.97 Å². The number of anilines is 1. The Bertz CT molecular complexity index is 952. The largest absolute Gasteiger partial charge is 0.465 e. The van der Waals surface area contributed by atoms with Crippen LogP contribution in [0.3, 0.4) is 0 Å². The minimum absolute atomic E-state index is 0.233. The molecule has 0 bridgehead atoms. The van der Waals surface area contributed by atoms with Crippen molar-refractivity contribution in [1.29, 1.82) is 0 Å². The minimum atomic E-state index is -0.417. The molecular formula is C22H25Cl2NO3S. The number of carbonyl (C=O) groups is 2. The van der Waals surface area contributed by atoms with Crippen molar-refractivity contribution in [3.63, 3.8) is 0 Å². The van der Waals surface area contributed by atoms with E-state index in [1.165, 1.54) is 24.5 Å². The number of nitrogens with one attached hydrogen (secondary N) is 1. The maximum Gasteiger partial charge on any atom is 0.341 e. The van der Waals surface area contributed by atoms with E-state index in [4.69, 9.17) is 27.9 Å². The van der Waals surface area contributed by atoms with Crippen molar-refractivity contribution in [3.8, 4) is 0 Å². The number of methoxy groups -OCH3 is 1. The van der Waals surface area contributed by atoms with E-state index in [9.17, 15) is 9.59 Å². The lowest BCUT2D eigenvalue weighted by Crippen LogP contribution is -2.28. The van der Waals surface area contributed by atoms with E-state index in [2.05, 4.69) is 26.1 Å². The molecule has 1 N–H and O–H groups in total. The van der Waals surface area contributed by atoms with E-state index >= 15 is 0 Å². The number of carbonyl (C=O) groups excluding carboxylic acids is 2. The highest BCUT2D eigenvalue weighted by molar-refractivity contribution is 7.17. The summed E-state index contributed by atoms with van der Waals surface area (Å²) in [6.07, 6.45) is 3.85. The number of rotatable bonds is 5. The summed E-state index contributed by atoms with van der Waals surface area (Å²) in [5.41, 5.74) is 2.10. The molecule has 0 aliphatic heterocycles. The van der Waals surface area contributed by atoms with Gasteiger partial charge in [-0.2, -0.15) is 0 Å². The van der Waals surface area contributed by atoms with Crippen molar-refractivity contribution in [2.75, 3.05) is 12.4 Å². The summed E-state index contributed by atoms with van der Waals surface area (Å²) in [5, 5.41) is 4.12. The average molecular weight is 454 g/mol. The third kappa shape index (κ3) is 4.47. The zero-order valence-corrected chi connectivity index (χ0v) is 19.4. The first kappa shape index (κ1) is 22.1. The molecule has 2 aromatic rings. The van der Waals surface area contributed by atoms with Gasteiger partial charge in [0, 0.05) is 10.4 Å². The number of ether oxygens (including phenoxy) is 1. The van der Waals surface area contributed by atoms with Gasteiger partial charge in [-0.3, -0.25) is 4.79 Å². The lowest BCUT2D eigenvalue weighted by atomic mass is 9.69.